The summed E-state index contributed by atoms with van der Waals surface area (Å²) in [7, 11) is -4.41. The molecule has 182 valence electrons. The van der Waals surface area contributed by atoms with E-state index in [2.05, 4.69) is 33.2 Å². The normalized spacial score (nSPS) is 22.1. The topological polar surface area (TPSA) is 88.2 Å². The number of hydroxylamine groups is 3. The fourth-order valence-electron chi connectivity index (χ4n) is 5.11. The van der Waals surface area contributed by atoms with E-state index in [9.17, 15) is 13.2 Å². The van der Waals surface area contributed by atoms with Crippen molar-refractivity contribution in [3.05, 3.63) is 0 Å². The number of nitrogens with zero attached hydrogens (tertiary/aromatic N) is 2. The molecule has 2 heterocycles. The highest BCUT2D eigenvalue weighted by Crippen LogP contribution is 2.36. The van der Waals surface area contributed by atoms with Gasteiger partial charge in [0.2, 0.25) is 0 Å². The maximum atomic E-state index is 12.7. The Morgan fingerprint density at radius 1 is 1.06 bits per heavy atom. The van der Waals surface area contributed by atoms with E-state index in [0.29, 0.717) is 19.0 Å². The lowest BCUT2D eigenvalue weighted by Crippen LogP contribution is -2.52. The molecule has 0 aromatic rings. The minimum Gasteiger partial charge on any atom is -0.321 e. The molecule has 0 aromatic heterocycles. The Hall–Kier alpha value is -0.900. The third-order valence-corrected chi connectivity index (χ3v) is 7.33. The second-order valence-corrected chi connectivity index (χ2v) is 10.3. The lowest BCUT2D eigenvalue weighted by Gasteiger charge is -2.41. The van der Waals surface area contributed by atoms with Crippen molar-refractivity contribution in [2.24, 2.45) is 5.92 Å². The number of fused-ring (bicyclic) bond motifs is 2. The van der Waals surface area contributed by atoms with Gasteiger partial charge in [0.25, 0.3) is 0 Å². The highest BCUT2D eigenvalue weighted by atomic mass is 32.3. The molecule has 9 heteroatoms. The summed E-state index contributed by atoms with van der Waals surface area (Å²) in [5.41, 5.74) is 2.56. The van der Waals surface area contributed by atoms with Crippen LogP contribution in [-0.2, 0) is 19.0 Å². The van der Waals surface area contributed by atoms with Crippen LogP contribution < -0.4 is 5.48 Å². The van der Waals surface area contributed by atoms with Crippen LogP contribution in [0, 0.1) is 5.92 Å². The number of unbranched alkanes of at least 4 members (excludes halogenated alkanes) is 2. The number of hydrogen-bond donors (Lipinski definition) is 1. The van der Waals surface area contributed by atoms with E-state index in [4.69, 9.17) is 8.57 Å². The monoisotopic (exact) mass is 461 g/mol. The van der Waals surface area contributed by atoms with E-state index in [-0.39, 0.29) is 6.04 Å². The summed E-state index contributed by atoms with van der Waals surface area (Å²) in [4.78, 5) is 14.0. The number of amides is 2. The molecule has 1 N–H and O–H groups in total. The highest BCUT2D eigenvalue weighted by Gasteiger charge is 2.44. The molecule has 2 amide bonds. The van der Waals surface area contributed by atoms with Crippen LogP contribution in [0.2, 0.25) is 0 Å². The van der Waals surface area contributed by atoms with E-state index >= 15 is 0 Å². The van der Waals surface area contributed by atoms with Crippen molar-refractivity contribution < 1.29 is 21.8 Å². The third-order valence-electron chi connectivity index (χ3n) is 6.70. The molecule has 2 aliphatic heterocycles. The van der Waals surface area contributed by atoms with Gasteiger partial charge in [-0.25, -0.2) is 4.79 Å². The summed E-state index contributed by atoms with van der Waals surface area (Å²) in [5.74, 6) is 0.317. The number of nitrogens with one attached hydrogen (secondary N) is 1. The third kappa shape index (κ3) is 7.04. The summed E-state index contributed by atoms with van der Waals surface area (Å²) in [6.45, 7) is 9.76. The fraction of sp³-hybridized carbons (Fsp3) is 0.955. The van der Waals surface area contributed by atoms with Gasteiger partial charge < -0.3 is 4.90 Å². The van der Waals surface area contributed by atoms with Crippen LogP contribution in [0.4, 0.5) is 4.79 Å². The van der Waals surface area contributed by atoms with Gasteiger partial charge >= 0.3 is 16.4 Å². The van der Waals surface area contributed by atoms with Crippen LogP contribution in [0.25, 0.3) is 0 Å². The summed E-state index contributed by atoms with van der Waals surface area (Å²) in [6, 6.07) is -0.634. The van der Waals surface area contributed by atoms with E-state index in [1.807, 2.05) is 0 Å². The molecular formula is C22H43N3O5S. The Morgan fingerprint density at radius 2 is 1.81 bits per heavy atom. The molecule has 2 aliphatic rings. The first kappa shape index (κ1) is 26.4. The molecule has 0 radical (unpaired) electrons. The zero-order valence-corrected chi connectivity index (χ0v) is 20.7. The summed E-state index contributed by atoms with van der Waals surface area (Å²) < 4.78 is 35.9. The highest BCUT2D eigenvalue weighted by molar-refractivity contribution is 7.81. The van der Waals surface area contributed by atoms with Crippen molar-refractivity contribution in [3.63, 3.8) is 0 Å². The van der Waals surface area contributed by atoms with Crippen LogP contribution in [0.5, 0.6) is 0 Å². The summed E-state index contributed by atoms with van der Waals surface area (Å²) >= 11 is 0. The Balaban J connectivity index is 2.15. The minimum absolute atomic E-state index is 0.238. The second kappa shape index (κ2) is 12.4. The van der Waals surface area contributed by atoms with Crippen LogP contribution in [0.3, 0.4) is 0 Å². The van der Waals surface area contributed by atoms with Gasteiger partial charge in [-0.1, -0.05) is 66.2 Å². The van der Waals surface area contributed by atoms with Crippen molar-refractivity contribution in [2.45, 2.75) is 116 Å². The maximum Gasteiger partial charge on any atom is 0.437 e. The molecule has 2 unspecified atom stereocenters. The van der Waals surface area contributed by atoms with Crippen molar-refractivity contribution >= 4 is 16.4 Å². The van der Waals surface area contributed by atoms with Gasteiger partial charge in [0, 0.05) is 18.6 Å². The van der Waals surface area contributed by atoms with E-state index < -0.39 is 22.0 Å². The largest absolute Gasteiger partial charge is 0.437 e. The molecule has 0 aliphatic carbocycles. The van der Waals surface area contributed by atoms with Crippen LogP contribution in [0.1, 0.15) is 105 Å². The van der Waals surface area contributed by atoms with Crippen molar-refractivity contribution in [1.29, 1.82) is 0 Å². The molecule has 31 heavy (non-hydrogen) atoms. The van der Waals surface area contributed by atoms with Crippen LogP contribution in [-0.4, -0.2) is 49.1 Å². The van der Waals surface area contributed by atoms with Gasteiger partial charge in [-0.05, 0) is 44.4 Å². The first-order valence-corrected chi connectivity index (χ1v) is 13.6. The Bertz CT molecular complexity index is 660. The molecule has 2 fully saturated rings. The number of rotatable bonds is 16. The lowest BCUT2D eigenvalue weighted by molar-refractivity contribution is -0.0572. The standard InChI is InChI=1S/C22H43N3O5S/c1-5-9-13-19(12-7-3)22(15-8-4,16-10-6-2)23-29-31(27,28)30-25-20-14-11-17-24(18-20)21(25)26/h19-20,23H,5-18H2,1-4H3/t19?,20-,22?/m0/s1. The zero-order chi connectivity index (χ0) is 22.9. The Morgan fingerprint density at radius 3 is 2.42 bits per heavy atom. The van der Waals surface area contributed by atoms with Crippen LogP contribution in [0.15, 0.2) is 0 Å². The minimum atomic E-state index is -4.41. The number of piperidine rings is 1. The van der Waals surface area contributed by atoms with Gasteiger partial charge in [0.1, 0.15) is 0 Å². The molecule has 0 spiro atoms. The van der Waals surface area contributed by atoms with Gasteiger partial charge in [0.05, 0.1) is 6.04 Å². The molecule has 0 aromatic carbocycles. The average Bonchev–Trinajstić information content (AvgIpc) is 2.95. The molecule has 2 bridgehead atoms. The molecule has 2 rings (SSSR count). The van der Waals surface area contributed by atoms with Crippen molar-refractivity contribution in [1.82, 2.24) is 15.4 Å². The molecule has 2 saturated heterocycles. The smallest absolute Gasteiger partial charge is 0.321 e. The number of carbonyl (C=O) groups excluding carboxylic acids is 1. The number of carbonyl (C=O) groups is 1. The SMILES string of the molecule is CCCCC(CCC)C(CCC)(CCCC)NOS(=O)(=O)ON1C(=O)N2CCC[C@H]1C2. The summed E-state index contributed by atoms with van der Waals surface area (Å²) in [5, 5.41) is 0.984. The fourth-order valence-corrected chi connectivity index (χ4v) is 5.79. The van der Waals surface area contributed by atoms with Gasteiger partial charge in [-0.3, -0.25) is 0 Å². The van der Waals surface area contributed by atoms with Crippen molar-refractivity contribution in [3.8, 4) is 0 Å². The Kier molecular flexibility index (Phi) is 10.5. The Labute approximate surface area is 189 Å². The predicted molar refractivity (Wildman–Crippen MR) is 121 cm³/mol. The van der Waals surface area contributed by atoms with E-state index in [1.165, 1.54) is 0 Å². The first-order chi connectivity index (χ1) is 14.8. The molecule has 8 nitrogen and oxygen atoms in total. The first-order valence-electron chi connectivity index (χ1n) is 12.3. The molecular weight excluding hydrogens is 418 g/mol. The van der Waals surface area contributed by atoms with Gasteiger partial charge in [0.15, 0.2) is 0 Å². The molecule has 0 saturated carbocycles. The number of hydrogen-bond acceptors (Lipinski definition) is 6. The van der Waals surface area contributed by atoms with E-state index in [0.717, 1.165) is 82.1 Å². The number of urea groups is 1. The quantitative estimate of drug-likeness (QED) is 0.328. The van der Waals surface area contributed by atoms with Crippen molar-refractivity contribution in [2.75, 3.05) is 13.1 Å². The van der Waals surface area contributed by atoms with Crippen LogP contribution >= 0.6 is 0 Å². The van der Waals surface area contributed by atoms with Gasteiger partial charge in [-0.2, -0.15) is 23.2 Å². The summed E-state index contributed by atoms with van der Waals surface area (Å²) in [6.07, 6.45) is 11.5. The maximum absolute atomic E-state index is 12.7. The zero-order valence-electron chi connectivity index (χ0n) is 19.9. The average molecular weight is 462 g/mol. The molecule has 3 atom stereocenters. The van der Waals surface area contributed by atoms with Gasteiger partial charge in [-0.15, -0.1) is 4.28 Å². The predicted octanol–water partition coefficient (Wildman–Crippen LogP) is 4.92. The van der Waals surface area contributed by atoms with E-state index in [1.54, 1.807) is 4.90 Å². The second-order valence-electron chi connectivity index (χ2n) is 9.16. The lowest BCUT2D eigenvalue weighted by atomic mass is 9.73.